The average molecular weight is 729 g/mol. The lowest BCUT2D eigenvalue weighted by Gasteiger charge is -2.26. The van der Waals surface area contributed by atoms with Gasteiger partial charge in [0.1, 0.15) is 11.3 Å². The van der Waals surface area contributed by atoms with Crippen LogP contribution in [0.1, 0.15) is 38.3 Å². The van der Waals surface area contributed by atoms with Crippen LogP contribution < -0.4 is 15.5 Å². The number of rotatable bonds is 11. The molecule has 4 N–H and O–H groups in total. The highest BCUT2D eigenvalue weighted by atomic mass is 35.5. The van der Waals surface area contributed by atoms with Crippen molar-refractivity contribution in [1.29, 1.82) is 0 Å². The maximum absolute atomic E-state index is 12.0. The zero-order valence-electron chi connectivity index (χ0n) is 27.0. The SMILES string of the molecule is CN(CC(C)(C)C)C(=O)CCNCCc1cccc(Cl)c1.CNCCc1ccc(O)c2[nH]c(=O)sc12.O=C(C(=O)C(F)(F)F)C(F)(F)F. The summed E-state index contributed by atoms with van der Waals surface area (Å²) in [5, 5.41) is 16.7. The Bertz CT molecular complexity index is 1540. The van der Waals surface area contributed by atoms with Crippen LogP contribution >= 0.6 is 22.9 Å². The first-order valence-electron chi connectivity index (χ1n) is 14.5. The largest absolute Gasteiger partial charge is 0.506 e. The second-order valence-electron chi connectivity index (χ2n) is 11.7. The van der Waals surface area contributed by atoms with Gasteiger partial charge in [0.25, 0.3) is 0 Å². The molecular weight excluding hydrogens is 690 g/mol. The van der Waals surface area contributed by atoms with E-state index < -0.39 is 23.9 Å². The summed E-state index contributed by atoms with van der Waals surface area (Å²) in [6.45, 7) is 9.63. The summed E-state index contributed by atoms with van der Waals surface area (Å²) in [4.78, 5) is 46.7. The van der Waals surface area contributed by atoms with Gasteiger partial charge in [0.15, 0.2) is 0 Å². The van der Waals surface area contributed by atoms with Gasteiger partial charge in [-0.3, -0.25) is 19.2 Å². The second kappa shape index (κ2) is 18.9. The van der Waals surface area contributed by atoms with Crippen molar-refractivity contribution in [3.63, 3.8) is 0 Å². The summed E-state index contributed by atoms with van der Waals surface area (Å²) in [5.41, 5.74) is 3.00. The van der Waals surface area contributed by atoms with Gasteiger partial charge in [-0.15, -0.1) is 0 Å². The monoisotopic (exact) mass is 728 g/mol. The third-order valence-electron chi connectivity index (χ3n) is 6.14. The van der Waals surface area contributed by atoms with Gasteiger partial charge >= 0.3 is 28.8 Å². The number of fused-ring (bicyclic) bond motifs is 1. The number of amides is 1. The lowest BCUT2D eigenvalue weighted by molar-refractivity contribution is -0.193. The molecule has 3 rings (SSSR count). The van der Waals surface area contributed by atoms with Crippen LogP contribution in [0.3, 0.4) is 0 Å². The number of halogens is 7. The molecule has 0 fully saturated rings. The van der Waals surface area contributed by atoms with E-state index >= 15 is 0 Å². The minimum atomic E-state index is -5.77. The Morgan fingerprint density at radius 1 is 0.938 bits per heavy atom. The predicted molar refractivity (Wildman–Crippen MR) is 174 cm³/mol. The molecule has 2 aromatic carbocycles. The lowest BCUT2D eigenvalue weighted by Crippen LogP contribution is -2.39. The van der Waals surface area contributed by atoms with E-state index in [2.05, 4.69) is 42.5 Å². The average Bonchev–Trinajstić information content (AvgIpc) is 3.37. The van der Waals surface area contributed by atoms with E-state index in [-0.39, 0.29) is 21.9 Å². The van der Waals surface area contributed by atoms with Gasteiger partial charge in [0.05, 0.1) is 4.70 Å². The van der Waals surface area contributed by atoms with Gasteiger partial charge in [-0.1, -0.05) is 61.9 Å². The first-order chi connectivity index (χ1) is 22.1. The van der Waals surface area contributed by atoms with E-state index in [9.17, 15) is 50.6 Å². The van der Waals surface area contributed by atoms with E-state index in [0.29, 0.717) is 18.5 Å². The van der Waals surface area contributed by atoms with Gasteiger partial charge in [0, 0.05) is 31.6 Å². The lowest BCUT2D eigenvalue weighted by atomic mass is 9.96. The number of nitrogens with one attached hydrogen (secondary N) is 3. The molecule has 1 aromatic heterocycles. The van der Waals surface area contributed by atoms with Crippen molar-refractivity contribution in [3.8, 4) is 5.75 Å². The summed E-state index contributed by atoms with van der Waals surface area (Å²) >= 11 is 7.09. The first kappa shape index (κ1) is 42.6. The molecule has 1 amide bonds. The number of nitrogens with zero attached hydrogens (tertiary/aromatic N) is 1. The molecule has 3 aromatic rings. The number of Topliss-reactive ketones (excluding diaryl/α,β-unsaturated/α-hetero) is 2. The molecule has 48 heavy (non-hydrogen) atoms. The number of likely N-dealkylation sites (N-methyl/N-ethyl adjacent to an activating group) is 1. The van der Waals surface area contributed by atoms with E-state index in [1.165, 1.54) is 5.56 Å². The normalized spacial score (nSPS) is 11.7. The highest BCUT2D eigenvalue weighted by molar-refractivity contribution is 7.16. The summed E-state index contributed by atoms with van der Waals surface area (Å²) in [6.07, 6.45) is -9.23. The molecular formula is C31H39ClF6N4O5S. The number of aromatic nitrogens is 1. The smallest absolute Gasteiger partial charge is 0.458 e. The van der Waals surface area contributed by atoms with Gasteiger partial charge in [-0.05, 0) is 67.7 Å². The van der Waals surface area contributed by atoms with Gasteiger partial charge < -0.3 is 25.6 Å². The Kier molecular flexibility index (Phi) is 16.8. The van der Waals surface area contributed by atoms with Crippen molar-refractivity contribution in [1.82, 2.24) is 20.5 Å². The molecule has 0 radical (unpaired) electrons. The van der Waals surface area contributed by atoms with Crippen LogP contribution in [0.5, 0.6) is 5.75 Å². The highest BCUT2D eigenvalue weighted by Gasteiger charge is 2.54. The number of hydrogen-bond acceptors (Lipinski definition) is 8. The predicted octanol–water partition coefficient (Wildman–Crippen LogP) is 5.67. The molecule has 0 unspecified atom stereocenters. The molecule has 0 aliphatic rings. The number of thiazole rings is 1. The summed E-state index contributed by atoms with van der Waals surface area (Å²) in [5.74, 6) is -6.48. The number of phenolic OH excluding ortho intramolecular Hbond substituents is 1. The van der Waals surface area contributed by atoms with Crippen LogP contribution in [0.4, 0.5) is 26.3 Å². The molecule has 0 bridgehead atoms. The van der Waals surface area contributed by atoms with Crippen molar-refractivity contribution < 1.29 is 45.8 Å². The molecule has 0 saturated heterocycles. The maximum atomic E-state index is 12.0. The molecule has 17 heteroatoms. The third-order valence-corrected chi connectivity index (χ3v) is 7.33. The molecule has 1 heterocycles. The maximum Gasteiger partial charge on any atom is 0.458 e. The van der Waals surface area contributed by atoms with Crippen molar-refractivity contribution in [3.05, 3.63) is 62.2 Å². The number of carbonyl (C=O) groups is 3. The molecule has 0 spiro atoms. The van der Waals surface area contributed by atoms with Crippen molar-refractivity contribution in [2.45, 2.75) is 52.4 Å². The van der Waals surface area contributed by atoms with Crippen LogP contribution in [0.15, 0.2) is 41.2 Å². The van der Waals surface area contributed by atoms with Crippen LogP contribution in [-0.4, -0.2) is 85.1 Å². The molecule has 0 aliphatic heterocycles. The Morgan fingerprint density at radius 3 is 2.06 bits per heavy atom. The fraction of sp³-hybridized carbons (Fsp3) is 0.484. The van der Waals surface area contributed by atoms with Crippen LogP contribution in [0.2, 0.25) is 5.02 Å². The number of hydrogen-bond donors (Lipinski definition) is 4. The summed E-state index contributed by atoms with van der Waals surface area (Å²) in [7, 11) is 3.76. The topological polar surface area (TPSA) is 132 Å². The number of ketones is 2. The summed E-state index contributed by atoms with van der Waals surface area (Å²) in [6, 6.07) is 11.4. The summed E-state index contributed by atoms with van der Waals surface area (Å²) < 4.78 is 67.8. The third kappa shape index (κ3) is 15.6. The minimum absolute atomic E-state index is 0.128. The van der Waals surface area contributed by atoms with E-state index in [4.69, 9.17) is 11.6 Å². The molecule has 268 valence electrons. The van der Waals surface area contributed by atoms with Gasteiger partial charge in [0.2, 0.25) is 5.91 Å². The van der Waals surface area contributed by atoms with Gasteiger partial charge in [-0.25, -0.2) is 0 Å². The Balaban J connectivity index is 0.000000376. The number of H-pyrrole nitrogens is 1. The number of carbonyl (C=O) groups excluding carboxylic acids is 3. The van der Waals surface area contributed by atoms with Crippen molar-refractivity contribution in [2.75, 3.05) is 40.3 Å². The number of aromatic hydroxyl groups is 1. The Morgan fingerprint density at radius 2 is 1.54 bits per heavy atom. The fourth-order valence-corrected chi connectivity index (χ4v) is 5.13. The van der Waals surface area contributed by atoms with Crippen LogP contribution in [0.25, 0.3) is 10.2 Å². The standard InChI is InChI=1S/C17H27ClN2O.C10H12N2O2S.C4F6O2/c1-17(2,3)13-20(4)16(21)9-11-19-10-8-14-6-5-7-15(18)12-14;1-11-5-4-6-2-3-7(13)8-9(6)15-10(14)12-8;5-3(6,7)1(11)2(12)4(8,9)10/h5-7,12,19H,8-11,13H2,1-4H3;2-3,11,13H,4-5H2,1H3,(H,12,14);. The minimum Gasteiger partial charge on any atom is -0.506 e. The van der Waals surface area contributed by atoms with E-state index in [1.54, 1.807) is 6.07 Å². The quantitative estimate of drug-likeness (QED) is 0.114. The number of phenols is 1. The fourth-order valence-electron chi connectivity index (χ4n) is 4.02. The van der Waals surface area contributed by atoms with Crippen molar-refractivity contribution in [2.24, 2.45) is 5.41 Å². The molecule has 0 saturated carbocycles. The van der Waals surface area contributed by atoms with Crippen molar-refractivity contribution >= 4 is 50.6 Å². The zero-order chi connectivity index (χ0) is 36.9. The van der Waals surface area contributed by atoms with E-state index in [0.717, 1.165) is 59.1 Å². The zero-order valence-corrected chi connectivity index (χ0v) is 28.6. The molecule has 0 atom stereocenters. The van der Waals surface area contributed by atoms with Crippen LogP contribution in [-0.2, 0) is 27.2 Å². The first-order valence-corrected chi connectivity index (χ1v) is 15.7. The number of benzene rings is 2. The van der Waals surface area contributed by atoms with Gasteiger partial charge in [-0.2, -0.15) is 26.3 Å². The highest BCUT2D eigenvalue weighted by Crippen LogP contribution is 2.28. The second-order valence-corrected chi connectivity index (χ2v) is 13.1. The van der Waals surface area contributed by atoms with E-state index in [1.807, 2.05) is 43.3 Å². The molecule has 0 aliphatic carbocycles. The molecule has 9 nitrogen and oxygen atoms in total. The number of aromatic amines is 1. The number of alkyl halides is 6. The Hall–Kier alpha value is -3.47. The Labute approximate surface area is 282 Å². The van der Waals surface area contributed by atoms with Crippen LogP contribution in [0, 0.1) is 5.41 Å².